The van der Waals surface area contributed by atoms with Crippen LogP contribution in [0.25, 0.3) is 0 Å². The number of hydrogen-bond acceptors (Lipinski definition) is 17. The molecule has 0 saturated carbocycles. The van der Waals surface area contributed by atoms with Crippen molar-refractivity contribution >= 4 is 102 Å². The monoisotopic (exact) mass is 966 g/mol. The molecule has 0 rings (SSSR count). The normalized spacial score (nSPS) is 12.1. The third kappa shape index (κ3) is 33.9. The van der Waals surface area contributed by atoms with Gasteiger partial charge in [-0.05, 0) is 85.2 Å². The Bertz CT molecular complexity index is 853. The van der Waals surface area contributed by atoms with Crippen molar-refractivity contribution in [3.05, 3.63) is 18.6 Å². The second-order valence-corrected chi connectivity index (χ2v) is 17.2. The van der Waals surface area contributed by atoms with Gasteiger partial charge in [-0.3, -0.25) is 0 Å². The van der Waals surface area contributed by atoms with Gasteiger partial charge in [0.25, 0.3) is 0 Å². The summed E-state index contributed by atoms with van der Waals surface area (Å²) in [5.41, 5.74) is 0.844. The predicted molar refractivity (Wildman–Crippen MR) is 268 cm³/mol. The molecular weight excluding hydrogens is 885 g/mol. The Morgan fingerprint density at radius 3 is 0.737 bits per heavy atom. The third-order valence-corrected chi connectivity index (χ3v) is 10.4. The van der Waals surface area contributed by atoms with E-state index >= 15 is 0 Å². The molecule has 0 unspecified atom stereocenters. The van der Waals surface area contributed by atoms with E-state index in [1.165, 1.54) is 6.26 Å². The second kappa shape index (κ2) is 44.4. The van der Waals surface area contributed by atoms with Gasteiger partial charge in [-0.1, -0.05) is 12.3 Å². The van der Waals surface area contributed by atoms with Crippen molar-refractivity contribution in [1.29, 1.82) is 0 Å². The Balaban J connectivity index is -0.00000504. The van der Waals surface area contributed by atoms with E-state index in [4.69, 9.17) is 47.4 Å². The first-order valence-corrected chi connectivity index (χ1v) is 24.2. The fourth-order valence-electron chi connectivity index (χ4n) is 5.18. The Kier molecular flexibility index (Phi) is 47.4. The van der Waals surface area contributed by atoms with Crippen molar-refractivity contribution in [2.45, 2.75) is 44.9 Å². The molecule has 0 N–H and O–H groups in total. The molecule has 0 aromatic heterocycles. The molecule has 0 aromatic rings. The lowest BCUT2D eigenvalue weighted by Crippen LogP contribution is -2.47. The first-order valence-electron chi connectivity index (χ1n) is 19.8. The molecule has 18 heteroatoms. The zero-order valence-electron chi connectivity index (χ0n) is 34.3. The van der Waals surface area contributed by atoms with Gasteiger partial charge in [0.05, 0.1) is 88.9 Å². The highest BCUT2D eigenvalue weighted by atomic mass is 32.1. The molecule has 0 aromatic carbocycles. The van der Waals surface area contributed by atoms with Crippen LogP contribution in [-0.2, 0) is 47.4 Å². The van der Waals surface area contributed by atoms with Gasteiger partial charge in [0.1, 0.15) is 12.9 Å². The molecule has 0 aliphatic heterocycles. The highest BCUT2D eigenvalue weighted by Gasteiger charge is 2.39. The zero-order valence-corrected chi connectivity index (χ0v) is 41.6. The molecule has 0 aliphatic carbocycles. The number of ether oxygens (including phenoxy) is 10. The van der Waals surface area contributed by atoms with E-state index in [2.05, 4.69) is 101 Å². The van der Waals surface area contributed by atoms with E-state index in [9.17, 15) is 0 Å². The summed E-state index contributed by atoms with van der Waals surface area (Å²) in [6.45, 7) is 11.7. The smallest absolute Gasteiger partial charge is 0.124 e. The van der Waals surface area contributed by atoms with E-state index in [1.807, 2.05) is 0 Å². The molecule has 0 bridgehead atoms. The largest absolute Gasteiger partial charge is 0.492 e. The topological polar surface area (TPSA) is 92.3 Å². The van der Waals surface area contributed by atoms with Crippen molar-refractivity contribution in [1.82, 2.24) is 0 Å². The average Bonchev–Trinajstić information content (AvgIpc) is 3.20. The Labute approximate surface area is 395 Å². The van der Waals surface area contributed by atoms with Crippen LogP contribution in [0.5, 0.6) is 0 Å². The van der Waals surface area contributed by atoms with Gasteiger partial charge in [-0.15, -0.1) is 0 Å². The summed E-state index contributed by atoms with van der Waals surface area (Å²) in [7, 11) is 0. The maximum atomic E-state index is 6.73. The lowest BCUT2D eigenvalue weighted by atomic mass is 9.89. The van der Waals surface area contributed by atoms with Crippen molar-refractivity contribution in [3.8, 4) is 0 Å². The van der Waals surface area contributed by atoms with Crippen LogP contribution in [-0.4, -0.2) is 166 Å². The van der Waals surface area contributed by atoms with Crippen LogP contribution in [0, 0.1) is 16.2 Å². The van der Waals surface area contributed by atoms with E-state index < -0.39 is 16.2 Å². The molecule has 10 nitrogen and oxygen atoms in total. The SMILES string of the molecule is C=C=COCC(COCCCS)(COCCCS)COCC(COCCCS)(COCCCS)COCC(COCCCS)(COCCCS)COCCCS.S.[HH].[HH]. The Hall–Kier alpha value is 1.76. The van der Waals surface area contributed by atoms with Crippen LogP contribution in [0.3, 0.4) is 0 Å². The molecule has 0 saturated heterocycles. The second-order valence-electron chi connectivity index (χ2n) is 14.0. The molecule has 0 heterocycles. The van der Waals surface area contributed by atoms with Gasteiger partial charge in [0, 0.05) is 49.1 Å². The Morgan fingerprint density at radius 2 is 0.544 bits per heavy atom. The van der Waals surface area contributed by atoms with Crippen molar-refractivity contribution in [3.63, 3.8) is 0 Å². The summed E-state index contributed by atoms with van der Waals surface area (Å²) in [4.78, 5) is 0. The minimum Gasteiger partial charge on any atom is -0.492 e. The fraction of sp³-hybridized carbons (Fsp3) is 0.923. The van der Waals surface area contributed by atoms with Gasteiger partial charge in [0.15, 0.2) is 0 Å². The summed E-state index contributed by atoms with van der Waals surface area (Å²) < 4.78 is 62.8. The summed E-state index contributed by atoms with van der Waals surface area (Å²) in [6, 6.07) is 0. The minimum absolute atomic E-state index is 0. The van der Waals surface area contributed by atoms with Crippen LogP contribution in [0.15, 0.2) is 18.6 Å². The molecule has 0 fully saturated rings. The third-order valence-electron chi connectivity index (χ3n) is 8.17. The highest BCUT2D eigenvalue weighted by molar-refractivity contribution is 7.81. The summed E-state index contributed by atoms with van der Waals surface area (Å²) in [6.07, 6.45) is 7.24. The maximum Gasteiger partial charge on any atom is 0.124 e. The summed E-state index contributed by atoms with van der Waals surface area (Å²) in [5.74, 6) is 5.12. The van der Waals surface area contributed by atoms with Gasteiger partial charge in [0.2, 0.25) is 0 Å². The summed E-state index contributed by atoms with van der Waals surface area (Å²) >= 11 is 30.6. The minimum atomic E-state index is -0.668. The highest BCUT2D eigenvalue weighted by Crippen LogP contribution is 2.28. The van der Waals surface area contributed by atoms with Crippen LogP contribution in [0.2, 0.25) is 0 Å². The number of rotatable bonds is 46. The molecule has 57 heavy (non-hydrogen) atoms. The van der Waals surface area contributed by atoms with E-state index in [0.717, 1.165) is 85.2 Å². The molecule has 0 amide bonds. The fourth-order valence-corrected chi connectivity index (χ4v) is 6.09. The van der Waals surface area contributed by atoms with Crippen LogP contribution < -0.4 is 0 Å². The molecular formula is C39H82O10S8. The maximum absolute atomic E-state index is 6.73. The molecule has 0 atom stereocenters. The lowest BCUT2D eigenvalue weighted by molar-refractivity contribution is -0.154. The van der Waals surface area contributed by atoms with E-state index in [0.29, 0.717) is 106 Å². The van der Waals surface area contributed by atoms with E-state index in [1.54, 1.807) is 0 Å². The molecule has 0 spiro atoms. The number of hydrogen-bond donors (Lipinski definition) is 7. The molecule has 0 aliphatic rings. The molecule has 346 valence electrons. The zero-order chi connectivity index (χ0) is 41.3. The summed E-state index contributed by atoms with van der Waals surface area (Å²) in [5, 5.41) is 0. The van der Waals surface area contributed by atoms with Gasteiger partial charge >= 0.3 is 0 Å². The quantitative estimate of drug-likeness (QED) is 0.0147. The van der Waals surface area contributed by atoms with Crippen molar-refractivity contribution in [2.75, 3.05) is 166 Å². The van der Waals surface area contributed by atoms with Gasteiger partial charge < -0.3 is 47.4 Å². The number of thiol groups is 7. The van der Waals surface area contributed by atoms with Crippen LogP contribution in [0.4, 0.5) is 0 Å². The Morgan fingerprint density at radius 1 is 0.351 bits per heavy atom. The van der Waals surface area contributed by atoms with Crippen LogP contribution in [0.1, 0.15) is 47.8 Å². The van der Waals surface area contributed by atoms with Crippen LogP contribution >= 0.6 is 102 Å². The van der Waals surface area contributed by atoms with Crippen molar-refractivity contribution < 1.29 is 50.2 Å². The average molecular weight is 968 g/mol. The molecule has 0 radical (unpaired) electrons. The van der Waals surface area contributed by atoms with Gasteiger partial charge in [-0.2, -0.15) is 102 Å². The lowest BCUT2D eigenvalue weighted by Gasteiger charge is -2.38. The first-order chi connectivity index (χ1) is 27.4. The van der Waals surface area contributed by atoms with Gasteiger partial charge in [-0.25, -0.2) is 0 Å². The standard InChI is InChI=1S/C39H76O10S7.H2S.2H2/c1-2-10-40-25-37(26-41-11-3-18-50,27-42-12-4-19-51)33-48-35-39(31-46-16-8-23-55,32-47-17-9-24-56)36-49-34-38(28-43-13-5-20-52,29-44-14-6-21-53)30-45-15-7-22-54;;;/h10,50-56H,1,3-9,11-36H2;1H2;2*1H. The predicted octanol–water partition coefficient (Wildman–Crippen LogP) is 7.25. The van der Waals surface area contributed by atoms with Crippen molar-refractivity contribution in [2.24, 2.45) is 16.2 Å². The first kappa shape index (κ1) is 60.8. The van der Waals surface area contributed by atoms with E-state index in [-0.39, 0.29) is 36.2 Å².